The maximum atomic E-state index is 12.9. The van der Waals surface area contributed by atoms with Crippen molar-refractivity contribution in [3.05, 3.63) is 30.6 Å². The summed E-state index contributed by atoms with van der Waals surface area (Å²) in [4.78, 5) is 19.3. The number of hydrogen-bond donors (Lipinski definition) is 0. The molecule has 2 aliphatic rings. The smallest absolute Gasteiger partial charge is 0.242 e. The van der Waals surface area contributed by atoms with Crippen LogP contribution in [0.15, 0.2) is 30.6 Å². The summed E-state index contributed by atoms with van der Waals surface area (Å²) in [6.45, 7) is 7.39. The Labute approximate surface area is 142 Å². The van der Waals surface area contributed by atoms with Crippen LogP contribution in [0.4, 0.5) is 0 Å². The standard InChI is InChI=1S/C19H25N3O2/c1-18(2)10-19(12-24-3)11-21(8-16(18)19)17(23)9-22-13-20-14-6-4-5-7-15(14)22/h4-7,13,16H,8-12H2,1-3H3/t16-,19-/m1/s1. The summed E-state index contributed by atoms with van der Waals surface area (Å²) in [6.07, 6.45) is 2.90. The lowest BCUT2D eigenvalue weighted by atomic mass is 9.48. The summed E-state index contributed by atoms with van der Waals surface area (Å²) in [7, 11) is 1.76. The van der Waals surface area contributed by atoms with Crippen molar-refractivity contribution in [3.63, 3.8) is 0 Å². The van der Waals surface area contributed by atoms with Gasteiger partial charge in [-0.3, -0.25) is 4.79 Å². The number of ether oxygens (including phenoxy) is 1. The molecule has 0 spiro atoms. The third-order valence-corrected chi connectivity index (χ3v) is 6.02. The monoisotopic (exact) mass is 327 g/mol. The van der Waals surface area contributed by atoms with Crippen LogP contribution in [0, 0.1) is 16.7 Å². The van der Waals surface area contributed by atoms with Crippen molar-refractivity contribution in [3.8, 4) is 0 Å². The van der Waals surface area contributed by atoms with E-state index < -0.39 is 0 Å². The minimum absolute atomic E-state index is 0.158. The molecule has 2 aromatic rings. The molecular weight excluding hydrogens is 302 g/mol. The van der Waals surface area contributed by atoms with Crippen LogP contribution in [0.2, 0.25) is 0 Å². The number of aromatic nitrogens is 2. The summed E-state index contributed by atoms with van der Waals surface area (Å²) >= 11 is 0. The fraction of sp³-hybridized carbons (Fsp3) is 0.579. The molecule has 1 amide bonds. The van der Waals surface area contributed by atoms with Crippen LogP contribution in [0.1, 0.15) is 20.3 Å². The van der Waals surface area contributed by atoms with Gasteiger partial charge in [0.2, 0.25) is 5.91 Å². The Morgan fingerprint density at radius 1 is 1.38 bits per heavy atom. The summed E-state index contributed by atoms with van der Waals surface area (Å²) < 4.78 is 7.43. The van der Waals surface area contributed by atoms with Crippen LogP contribution in [0.25, 0.3) is 11.0 Å². The molecule has 1 aliphatic carbocycles. The average Bonchev–Trinajstić information content (AvgIpc) is 3.08. The van der Waals surface area contributed by atoms with Crippen molar-refractivity contribution in [2.24, 2.45) is 16.7 Å². The zero-order valence-corrected chi connectivity index (χ0v) is 14.7. The molecule has 0 N–H and O–H groups in total. The molecule has 0 unspecified atom stereocenters. The summed E-state index contributed by atoms with van der Waals surface area (Å²) in [6, 6.07) is 7.94. The van der Waals surface area contributed by atoms with Crippen LogP contribution in [0.3, 0.4) is 0 Å². The van der Waals surface area contributed by atoms with Gasteiger partial charge in [0.1, 0.15) is 6.54 Å². The lowest BCUT2D eigenvalue weighted by Crippen LogP contribution is -2.55. The predicted octanol–water partition coefficient (Wildman–Crippen LogP) is 2.56. The second-order valence-corrected chi connectivity index (χ2v) is 8.15. The van der Waals surface area contributed by atoms with E-state index in [1.807, 2.05) is 33.7 Å². The lowest BCUT2D eigenvalue weighted by molar-refractivity contribution is -0.131. The zero-order valence-electron chi connectivity index (χ0n) is 14.7. The molecule has 24 heavy (non-hydrogen) atoms. The second-order valence-electron chi connectivity index (χ2n) is 8.15. The zero-order chi connectivity index (χ0) is 16.9. The first kappa shape index (κ1) is 15.6. The molecule has 1 saturated carbocycles. The number of carbonyl (C=O) groups is 1. The number of amides is 1. The van der Waals surface area contributed by atoms with Crippen molar-refractivity contribution < 1.29 is 9.53 Å². The summed E-state index contributed by atoms with van der Waals surface area (Å²) in [5.74, 6) is 0.715. The molecule has 2 fully saturated rings. The Balaban J connectivity index is 1.52. The highest BCUT2D eigenvalue weighted by molar-refractivity contribution is 5.81. The molecule has 1 aromatic heterocycles. The Hall–Kier alpha value is -1.88. The van der Waals surface area contributed by atoms with E-state index in [-0.39, 0.29) is 11.3 Å². The number of rotatable bonds is 4. The van der Waals surface area contributed by atoms with Gasteiger partial charge in [0.05, 0.1) is 24.0 Å². The van der Waals surface area contributed by atoms with E-state index in [0.29, 0.717) is 17.9 Å². The molecule has 1 aliphatic heterocycles. The lowest BCUT2D eigenvalue weighted by Gasteiger charge is -2.56. The molecule has 2 heterocycles. The number of para-hydroxylation sites is 2. The summed E-state index contributed by atoms with van der Waals surface area (Å²) in [5.41, 5.74) is 2.41. The quantitative estimate of drug-likeness (QED) is 0.867. The van der Waals surface area contributed by atoms with Crippen molar-refractivity contribution in [2.45, 2.75) is 26.8 Å². The molecular formula is C19H25N3O2. The number of fused-ring (bicyclic) bond motifs is 2. The van der Waals surface area contributed by atoms with E-state index in [1.165, 1.54) is 0 Å². The molecule has 4 rings (SSSR count). The fourth-order valence-corrected chi connectivity index (χ4v) is 5.18. The fourth-order valence-electron chi connectivity index (χ4n) is 5.18. The normalized spacial score (nSPS) is 28.0. The molecule has 1 saturated heterocycles. The highest BCUT2D eigenvalue weighted by Gasteiger charge is 2.63. The van der Waals surface area contributed by atoms with Gasteiger partial charge < -0.3 is 14.2 Å². The highest BCUT2D eigenvalue weighted by Crippen LogP contribution is 2.62. The van der Waals surface area contributed by atoms with Crippen LogP contribution in [-0.4, -0.2) is 47.2 Å². The molecule has 5 nitrogen and oxygen atoms in total. The van der Waals surface area contributed by atoms with Gasteiger partial charge in [-0.25, -0.2) is 4.98 Å². The van der Waals surface area contributed by atoms with Crippen molar-refractivity contribution in [2.75, 3.05) is 26.8 Å². The maximum Gasteiger partial charge on any atom is 0.242 e. The average molecular weight is 327 g/mol. The Kier molecular flexibility index (Phi) is 3.46. The van der Waals surface area contributed by atoms with Gasteiger partial charge in [0, 0.05) is 25.6 Å². The molecule has 1 aromatic carbocycles. The molecule has 0 radical (unpaired) electrons. The number of methoxy groups -OCH3 is 1. The number of carbonyl (C=O) groups excluding carboxylic acids is 1. The number of likely N-dealkylation sites (tertiary alicyclic amines) is 1. The van der Waals surface area contributed by atoms with Crippen LogP contribution in [0.5, 0.6) is 0 Å². The first-order chi connectivity index (χ1) is 11.5. The van der Waals surface area contributed by atoms with Gasteiger partial charge in [-0.2, -0.15) is 0 Å². The van der Waals surface area contributed by atoms with Crippen LogP contribution in [-0.2, 0) is 16.1 Å². The number of nitrogens with zero attached hydrogens (tertiary/aromatic N) is 3. The van der Waals surface area contributed by atoms with Gasteiger partial charge >= 0.3 is 0 Å². The Morgan fingerprint density at radius 3 is 2.92 bits per heavy atom. The summed E-state index contributed by atoms with van der Waals surface area (Å²) in [5, 5.41) is 0. The maximum absolute atomic E-state index is 12.9. The Morgan fingerprint density at radius 2 is 2.17 bits per heavy atom. The molecule has 5 heteroatoms. The second kappa shape index (κ2) is 5.31. The van der Waals surface area contributed by atoms with Crippen LogP contribution >= 0.6 is 0 Å². The predicted molar refractivity (Wildman–Crippen MR) is 92.5 cm³/mol. The third kappa shape index (κ3) is 2.25. The van der Waals surface area contributed by atoms with E-state index in [0.717, 1.165) is 37.2 Å². The number of hydrogen-bond acceptors (Lipinski definition) is 3. The van der Waals surface area contributed by atoms with E-state index in [4.69, 9.17) is 4.74 Å². The minimum Gasteiger partial charge on any atom is -0.384 e. The SMILES string of the molecule is COC[C@@]12CN(C(=O)Cn3cnc4ccccc43)C[C@@H]1C(C)(C)C2. The van der Waals surface area contributed by atoms with Crippen molar-refractivity contribution in [1.82, 2.24) is 14.5 Å². The number of benzene rings is 1. The number of imidazole rings is 1. The third-order valence-electron chi connectivity index (χ3n) is 6.02. The highest BCUT2D eigenvalue weighted by atomic mass is 16.5. The molecule has 2 atom stereocenters. The Bertz CT molecular complexity index is 782. The van der Waals surface area contributed by atoms with Crippen molar-refractivity contribution in [1.29, 1.82) is 0 Å². The van der Waals surface area contributed by atoms with E-state index in [1.54, 1.807) is 13.4 Å². The van der Waals surface area contributed by atoms with E-state index >= 15 is 0 Å². The van der Waals surface area contributed by atoms with Gasteiger partial charge in [0.25, 0.3) is 0 Å². The van der Waals surface area contributed by atoms with Gasteiger partial charge in [-0.1, -0.05) is 26.0 Å². The first-order valence-electron chi connectivity index (χ1n) is 8.62. The molecule has 128 valence electrons. The van der Waals surface area contributed by atoms with Gasteiger partial charge in [0.15, 0.2) is 0 Å². The minimum atomic E-state index is 0.158. The van der Waals surface area contributed by atoms with Crippen LogP contribution < -0.4 is 0 Å². The van der Waals surface area contributed by atoms with E-state index in [2.05, 4.69) is 18.8 Å². The largest absolute Gasteiger partial charge is 0.384 e. The first-order valence-corrected chi connectivity index (χ1v) is 8.62. The van der Waals surface area contributed by atoms with Gasteiger partial charge in [-0.05, 0) is 29.9 Å². The topological polar surface area (TPSA) is 47.4 Å². The molecule has 0 bridgehead atoms. The van der Waals surface area contributed by atoms with Crippen molar-refractivity contribution >= 4 is 16.9 Å². The van der Waals surface area contributed by atoms with E-state index in [9.17, 15) is 4.79 Å². The van der Waals surface area contributed by atoms with Gasteiger partial charge in [-0.15, -0.1) is 0 Å².